The van der Waals surface area contributed by atoms with Crippen molar-refractivity contribution in [2.45, 2.75) is 24.0 Å². The Morgan fingerprint density at radius 3 is 2.71 bits per heavy atom. The van der Waals surface area contributed by atoms with Gasteiger partial charge in [0.25, 0.3) is 5.91 Å². The number of benzene rings is 2. The second kappa shape index (κ2) is 8.26. The zero-order chi connectivity index (χ0) is 19.3. The summed E-state index contributed by atoms with van der Waals surface area (Å²) in [5.41, 5.74) is 2.07. The Balaban J connectivity index is 1.35. The molecule has 142 valence electrons. The van der Waals surface area contributed by atoms with Crippen LogP contribution in [0.15, 0.2) is 66.1 Å². The maximum Gasteiger partial charge on any atom is 0.251 e. The number of para-hydroxylation sites is 1. The normalized spacial score (nSPS) is 13.1. The van der Waals surface area contributed by atoms with Gasteiger partial charge in [0.1, 0.15) is 6.33 Å². The van der Waals surface area contributed by atoms with Crippen LogP contribution in [0.5, 0.6) is 0 Å². The number of carbonyl (C=O) groups is 2. The van der Waals surface area contributed by atoms with Crippen molar-refractivity contribution in [3.63, 3.8) is 0 Å². The first-order valence-electron chi connectivity index (χ1n) is 8.98. The molecule has 1 aliphatic rings. The molecule has 1 fully saturated rings. The largest absolute Gasteiger partial charge is 0.349 e. The van der Waals surface area contributed by atoms with Crippen molar-refractivity contribution in [3.8, 4) is 5.69 Å². The van der Waals surface area contributed by atoms with E-state index in [1.165, 1.54) is 11.8 Å². The number of rotatable bonds is 7. The van der Waals surface area contributed by atoms with Crippen molar-refractivity contribution < 1.29 is 9.59 Å². The van der Waals surface area contributed by atoms with Crippen LogP contribution in [-0.4, -0.2) is 38.4 Å². The van der Waals surface area contributed by atoms with E-state index in [1.807, 2.05) is 34.9 Å². The van der Waals surface area contributed by atoms with Crippen LogP contribution in [0.2, 0.25) is 0 Å². The molecule has 0 saturated heterocycles. The molecule has 7 nitrogen and oxygen atoms in total. The van der Waals surface area contributed by atoms with Gasteiger partial charge in [0, 0.05) is 23.0 Å². The summed E-state index contributed by atoms with van der Waals surface area (Å²) in [5, 5.41) is 14.4. The van der Waals surface area contributed by atoms with E-state index in [2.05, 4.69) is 20.8 Å². The summed E-state index contributed by atoms with van der Waals surface area (Å²) in [6.45, 7) is 0. The number of carbonyl (C=O) groups excluding carboxylic acids is 2. The van der Waals surface area contributed by atoms with Crippen molar-refractivity contribution in [2.75, 3.05) is 11.1 Å². The van der Waals surface area contributed by atoms with Gasteiger partial charge in [-0.2, -0.15) is 0 Å². The molecule has 0 radical (unpaired) electrons. The fourth-order valence-electron chi connectivity index (χ4n) is 2.65. The van der Waals surface area contributed by atoms with E-state index < -0.39 is 0 Å². The van der Waals surface area contributed by atoms with Crippen LogP contribution in [0.1, 0.15) is 23.2 Å². The van der Waals surface area contributed by atoms with Crippen LogP contribution in [0.4, 0.5) is 5.69 Å². The number of aromatic nitrogens is 3. The Hall–Kier alpha value is -3.13. The standard InChI is InChI=1S/C20H19N5O2S/c26-18(12-28-20-24-21-13-25(20)17-7-2-1-3-8-17)22-16-6-4-5-14(11-16)19(27)23-15-9-10-15/h1-8,11,13,15H,9-10,12H2,(H,22,26)(H,23,27). The molecule has 0 aliphatic heterocycles. The predicted octanol–water partition coefficient (Wildman–Crippen LogP) is 2.89. The average molecular weight is 393 g/mol. The summed E-state index contributed by atoms with van der Waals surface area (Å²) in [6.07, 6.45) is 3.69. The van der Waals surface area contributed by atoms with Crippen LogP contribution in [0.3, 0.4) is 0 Å². The van der Waals surface area contributed by atoms with Crippen LogP contribution in [0, 0.1) is 0 Å². The van der Waals surface area contributed by atoms with Crippen molar-refractivity contribution >= 4 is 29.3 Å². The molecule has 3 aromatic rings. The Morgan fingerprint density at radius 1 is 1.11 bits per heavy atom. The molecular formula is C20H19N5O2S. The highest BCUT2D eigenvalue weighted by Crippen LogP contribution is 2.21. The van der Waals surface area contributed by atoms with Gasteiger partial charge in [0.15, 0.2) is 5.16 Å². The van der Waals surface area contributed by atoms with Crippen LogP contribution in [0.25, 0.3) is 5.69 Å². The van der Waals surface area contributed by atoms with Gasteiger partial charge in [0.05, 0.1) is 5.75 Å². The molecule has 2 N–H and O–H groups in total. The third-order valence-corrected chi connectivity index (χ3v) is 5.15. The van der Waals surface area contributed by atoms with E-state index >= 15 is 0 Å². The summed E-state index contributed by atoms with van der Waals surface area (Å²) in [5.74, 6) is -0.0967. The van der Waals surface area contributed by atoms with Gasteiger partial charge in [-0.1, -0.05) is 36.0 Å². The second-order valence-corrected chi connectivity index (χ2v) is 7.43. The number of hydrogen-bond donors (Lipinski definition) is 2. The zero-order valence-electron chi connectivity index (χ0n) is 15.0. The van der Waals surface area contributed by atoms with E-state index in [-0.39, 0.29) is 17.6 Å². The molecule has 0 atom stereocenters. The molecule has 1 aliphatic carbocycles. The quantitative estimate of drug-likeness (QED) is 0.603. The average Bonchev–Trinajstić information content (AvgIpc) is 3.40. The number of hydrogen-bond acceptors (Lipinski definition) is 5. The third-order valence-electron chi connectivity index (χ3n) is 4.20. The van der Waals surface area contributed by atoms with Crippen LogP contribution in [-0.2, 0) is 4.79 Å². The summed E-state index contributed by atoms with van der Waals surface area (Å²) in [7, 11) is 0. The lowest BCUT2D eigenvalue weighted by atomic mass is 10.2. The van der Waals surface area contributed by atoms with Crippen molar-refractivity contribution in [2.24, 2.45) is 0 Å². The maximum atomic E-state index is 12.3. The Morgan fingerprint density at radius 2 is 1.93 bits per heavy atom. The van der Waals surface area contributed by atoms with Gasteiger partial charge in [-0.15, -0.1) is 10.2 Å². The maximum absolute atomic E-state index is 12.3. The van der Waals surface area contributed by atoms with Crippen molar-refractivity contribution in [1.82, 2.24) is 20.1 Å². The summed E-state index contributed by atoms with van der Waals surface area (Å²) in [6, 6.07) is 17.0. The number of nitrogens with one attached hydrogen (secondary N) is 2. The lowest BCUT2D eigenvalue weighted by Crippen LogP contribution is -2.25. The topological polar surface area (TPSA) is 88.9 Å². The predicted molar refractivity (Wildman–Crippen MR) is 108 cm³/mol. The smallest absolute Gasteiger partial charge is 0.251 e. The van der Waals surface area contributed by atoms with E-state index in [4.69, 9.17) is 0 Å². The molecule has 8 heteroatoms. The minimum Gasteiger partial charge on any atom is -0.349 e. The molecule has 4 rings (SSSR count). The highest BCUT2D eigenvalue weighted by atomic mass is 32.2. The monoisotopic (exact) mass is 393 g/mol. The van der Waals surface area contributed by atoms with Crippen LogP contribution >= 0.6 is 11.8 Å². The molecular weight excluding hydrogens is 374 g/mol. The first kappa shape index (κ1) is 18.2. The van der Waals surface area contributed by atoms with Gasteiger partial charge >= 0.3 is 0 Å². The molecule has 0 spiro atoms. The fourth-order valence-corrected chi connectivity index (χ4v) is 3.38. The minimum absolute atomic E-state index is 0.107. The van der Waals surface area contributed by atoms with E-state index in [0.29, 0.717) is 22.4 Å². The Bertz CT molecular complexity index is 985. The number of thioether (sulfide) groups is 1. The van der Waals surface area contributed by atoms with E-state index in [9.17, 15) is 9.59 Å². The van der Waals surface area contributed by atoms with Crippen molar-refractivity contribution in [3.05, 3.63) is 66.5 Å². The minimum atomic E-state index is -0.174. The van der Waals surface area contributed by atoms with Gasteiger partial charge in [-0.3, -0.25) is 14.2 Å². The highest BCUT2D eigenvalue weighted by molar-refractivity contribution is 7.99. The van der Waals surface area contributed by atoms with Gasteiger partial charge in [-0.05, 0) is 43.2 Å². The highest BCUT2D eigenvalue weighted by Gasteiger charge is 2.23. The summed E-state index contributed by atoms with van der Waals surface area (Å²) in [4.78, 5) is 24.5. The molecule has 2 amide bonds. The first-order valence-corrected chi connectivity index (χ1v) is 9.96. The van der Waals surface area contributed by atoms with Gasteiger partial charge < -0.3 is 10.6 Å². The van der Waals surface area contributed by atoms with Gasteiger partial charge in [-0.25, -0.2) is 0 Å². The molecule has 1 saturated carbocycles. The molecule has 0 unspecified atom stereocenters. The number of amides is 2. The summed E-state index contributed by atoms with van der Waals surface area (Å²) >= 11 is 1.30. The number of anilines is 1. The molecule has 28 heavy (non-hydrogen) atoms. The molecule has 2 aromatic carbocycles. The Labute approximate surface area is 166 Å². The lowest BCUT2D eigenvalue weighted by Gasteiger charge is -2.08. The fraction of sp³-hybridized carbons (Fsp3) is 0.200. The van der Waals surface area contributed by atoms with Gasteiger partial charge in [0.2, 0.25) is 5.91 Å². The first-order chi connectivity index (χ1) is 13.7. The SMILES string of the molecule is O=C(CSc1nncn1-c1ccccc1)Nc1cccc(C(=O)NC2CC2)c1. The summed E-state index contributed by atoms with van der Waals surface area (Å²) < 4.78 is 1.83. The second-order valence-electron chi connectivity index (χ2n) is 6.48. The van der Waals surface area contributed by atoms with E-state index in [0.717, 1.165) is 18.5 Å². The van der Waals surface area contributed by atoms with Crippen molar-refractivity contribution in [1.29, 1.82) is 0 Å². The molecule has 0 bridgehead atoms. The zero-order valence-corrected chi connectivity index (χ0v) is 15.9. The molecule has 1 aromatic heterocycles. The lowest BCUT2D eigenvalue weighted by molar-refractivity contribution is -0.113. The number of nitrogens with zero attached hydrogens (tertiary/aromatic N) is 3. The Kier molecular flexibility index (Phi) is 5.38. The molecule has 1 heterocycles. The van der Waals surface area contributed by atoms with E-state index in [1.54, 1.807) is 30.6 Å². The van der Waals surface area contributed by atoms with Crippen LogP contribution < -0.4 is 10.6 Å². The third kappa shape index (κ3) is 4.58.